The molecule has 2 aromatic heterocycles. The largest absolute Gasteiger partial charge is 0.790 e. The minimum absolute atomic E-state index is 0.820. The van der Waals surface area contributed by atoms with E-state index < -0.39 is 7.82 Å². The Labute approximate surface area is 131 Å². The number of phosphoric ester groups is 1. The average Bonchev–Trinajstić information content (AvgIpc) is 3.07. The Morgan fingerprint density at radius 2 is 1.36 bits per heavy atom. The number of nitrogens with zero attached hydrogens (tertiary/aromatic N) is 2. The van der Waals surface area contributed by atoms with Crippen molar-refractivity contribution in [3.8, 4) is 0 Å². The Kier molecular flexibility index (Phi) is 9.60. The molecule has 0 saturated carbocycles. The fourth-order valence-corrected chi connectivity index (χ4v) is 1.58. The highest BCUT2D eigenvalue weighted by atomic mass is 31.2. The zero-order valence-corrected chi connectivity index (χ0v) is 14.6. The van der Waals surface area contributed by atoms with Crippen LogP contribution in [0, 0.1) is 0 Å². The maximum Gasteiger partial charge on any atom is 0.253 e. The normalized spacial score (nSPS) is 10.3. The number of phosphoric acid groups is 1. The number of imidazole rings is 2. The van der Waals surface area contributed by atoms with E-state index in [-0.39, 0.29) is 0 Å². The van der Waals surface area contributed by atoms with Crippen molar-refractivity contribution in [1.29, 1.82) is 0 Å². The van der Waals surface area contributed by atoms with Gasteiger partial charge in [0, 0.05) is 20.0 Å². The highest BCUT2D eigenvalue weighted by Gasteiger charge is 2.00. The van der Waals surface area contributed by atoms with Crippen LogP contribution in [-0.4, -0.2) is 17.1 Å². The van der Waals surface area contributed by atoms with E-state index in [9.17, 15) is 14.4 Å². The molecule has 22 heavy (non-hydrogen) atoms. The monoisotopic (exact) mass is 332 g/mol. The SMILES string of the molecule is CCc1[nH]cc[n+]1C.CCc1[nH]cc[n+]1C.COP(=O)([O-])[O-]. The van der Waals surface area contributed by atoms with Gasteiger partial charge in [-0.1, -0.05) is 13.8 Å². The fraction of sp³-hybridized carbons (Fsp3) is 0.538. The number of H-pyrrole nitrogens is 2. The minimum atomic E-state index is -4.65. The van der Waals surface area contributed by atoms with Gasteiger partial charge in [-0.3, -0.25) is 0 Å². The number of aromatic amines is 2. The molecule has 2 N–H and O–H groups in total. The van der Waals surface area contributed by atoms with E-state index in [0.29, 0.717) is 0 Å². The van der Waals surface area contributed by atoms with Crippen molar-refractivity contribution in [1.82, 2.24) is 9.97 Å². The van der Waals surface area contributed by atoms with Gasteiger partial charge in [-0.05, 0) is 0 Å². The zero-order chi connectivity index (χ0) is 17.2. The number of hydrogen-bond donors (Lipinski definition) is 2. The summed E-state index contributed by atoms with van der Waals surface area (Å²) in [4.78, 5) is 24.7. The van der Waals surface area contributed by atoms with Crippen LogP contribution in [-0.2, 0) is 36.0 Å². The average molecular weight is 332 g/mol. The van der Waals surface area contributed by atoms with Gasteiger partial charge in [0.1, 0.15) is 24.8 Å². The van der Waals surface area contributed by atoms with E-state index in [2.05, 4.69) is 37.5 Å². The highest BCUT2D eigenvalue weighted by Crippen LogP contribution is 2.21. The summed E-state index contributed by atoms with van der Waals surface area (Å²) in [5.41, 5.74) is 0. The molecule has 0 aliphatic rings. The molecule has 0 bridgehead atoms. The zero-order valence-electron chi connectivity index (χ0n) is 13.7. The highest BCUT2D eigenvalue weighted by molar-refractivity contribution is 7.43. The molecular weight excluding hydrogens is 307 g/mol. The second-order valence-corrected chi connectivity index (χ2v) is 5.63. The van der Waals surface area contributed by atoms with E-state index in [1.54, 1.807) is 0 Å². The summed E-state index contributed by atoms with van der Waals surface area (Å²) in [6.07, 6.45) is 10.1. The fourth-order valence-electron chi connectivity index (χ4n) is 1.58. The number of hydrogen-bond acceptors (Lipinski definition) is 4. The summed E-state index contributed by atoms with van der Waals surface area (Å²) < 4.78 is 16.8. The first-order valence-electron chi connectivity index (χ1n) is 6.86. The van der Waals surface area contributed by atoms with Gasteiger partial charge >= 0.3 is 0 Å². The summed E-state index contributed by atoms with van der Waals surface area (Å²) >= 11 is 0. The van der Waals surface area contributed by atoms with Gasteiger partial charge in [-0.2, -0.15) is 0 Å². The first-order chi connectivity index (χ1) is 10.2. The summed E-state index contributed by atoms with van der Waals surface area (Å²) in [5.74, 6) is 2.54. The number of aryl methyl sites for hydroxylation is 4. The molecule has 0 spiro atoms. The molecule has 0 radical (unpaired) electrons. The quantitative estimate of drug-likeness (QED) is 0.570. The van der Waals surface area contributed by atoms with Crippen molar-refractivity contribution < 1.29 is 28.0 Å². The van der Waals surface area contributed by atoms with Crippen LogP contribution in [0.1, 0.15) is 25.5 Å². The number of rotatable bonds is 3. The van der Waals surface area contributed by atoms with Gasteiger partial charge in [0.25, 0.3) is 11.6 Å². The Morgan fingerprint density at radius 3 is 1.45 bits per heavy atom. The standard InChI is InChI=1S/2C6H10N2.CH5O4P/c2*1-3-6-7-4-5-8(6)2;1-5-6(2,3)4/h2*4-5H,3H2,1-2H3;1H3,(H2,2,3,4). The maximum atomic E-state index is 9.25. The molecule has 0 saturated heterocycles. The molecule has 2 aromatic rings. The van der Waals surface area contributed by atoms with Gasteiger partial charge in [-0.15, -0.1) is 0 Å². The van der Waals surface area contributed by atoms with Crippen LogP contribution >= 0.6 is 7.82 Å². The van der Waals surface area contributed by atoms with Gasteiger partial charge in [0.15, 0.2) is 0 Å². The third kappa shape index (κ3) is 8.74. The molecule has 0 aliphatic carbocycles. The van der Waals surface area contributed by atoms with Crippen LogP contribution in [0.25, 0.3) is 0 Å². The Morgan fingerprint density at radius 1 is 1.05 bits per heavy atom. The van der Waals surface area contributed by atoms with Crippen LogP contribution in [0.15, 0.2) is 24.8 Å². The van der Waals surface area contributed by atoms with Crippen LogP contribution in [0.3, 0.4) is 0 Å². The predicted molar refractivity (Wildman–Crippen MR) is 77.3 cm³/mol. The first-order valence-corrected chi connectivity index (χ1v) is 8.32. The second kappa shape index (κ2) is 10.3. The molecule has 0 atom stereocenters. The number of nitrogens with one attached hydrogen (secondary N) is 2. The van der Waals surface area contributed by atoms with E-state index in [0.717, 1.165) is 20.0 Å². The second-order valence-electron chi connectivity index (χ2n) is 4.37. The van der Waals surface area contributed by atoms with Crippen molar-refractivity contribution in [2.45, 2.75) is 26.7 Å². The molecule has 9 heteroatoms. The summed E-state index contributed by atoms with van der Waals surface area (Å²) in [6, 6.07) is 0. The van der Waals surface area contributed by atoms with Crippen LogP contribution < -0.4 is 18.9 Å². The first kappa shape index (κ1) is 20.5. The van der Waals surface area contributed by atoms with Crippen molar-refractivity contribution in [2.24, 2.45) is 14.1 Å². The smallest absolute Gasteiger partial charge is 0.253 e. The maximum absolute atomic E-state index is 9.25. The lowest BCUT2D eigenvalue weighted by atomic mass is 10.5. The third-order valence-corrected chi connectivity index (χ3v) is 3.29. The van der Waals surface area contributed by atoms with Crippen LogP contribution in [0.4, 0.5) is 0 Å². The van der Waals surface area contributed by atoms with E-state index in [1.165, 1.54) is 11.6 Å². The molecule has 0 amide bonds. The lowest BCUT2D eigenvalue weighted by Gasteiger charge is -2.25. The van der Waals surface area contributed by atoms with Gasteiger partial charge < -0.3 is 18.9 Å². The van der Waals surface area contributed by atoms with Crippen LogP contribution in [0.5, 0.6) is 0 Å². The molecule has 126 valence electrons. The molecule has 0 aromatic carbocycles. The van der Waals surface area contributed by atoms with E-state index in [1.807, 2.05) is 38.9 Å². The molecule has 0 fully saturated rings. The van der Waals surface area contributed by atoms with E-state index in [4.69, 9.17) is 0 Å². The number of aromatic nitrogens is 4. The third-order valence-electron chi connectivity index (χ3n) is 2.84. The van der Waals surface area contributed by atoms with Crippen molar-refractivity contribution in [3.05, 3.63) is 36.4 Å². The topological polar surface area (TPSA) is 112 Å². The minimum Gasteiger partial charge on any atom is -0.790 e. The molecule has 2 heterocycles. The lowest BCUT2D eigenvalue weighted by Crippen LogP contribution is -2.29. The van der Waals surface area contributed by atoms with Gasteiger partial charge in [-0.25, -0.2) is 19.1 Å². The Hall–Kier alpha value is -1.47. The summed E-state index contributed by atoms with van der Waals surface area (Å²) in [7, 11) is 0.248. The van der Waals surface area contributed by atoms with Gasteiger partial charge in [0.2, 0.25) is 0 Å². The Bertz CT molecular complexity index is 536. The van der Waals surface area contributed by atoms with Crippen molar-refractivity contribution >= 4 is 7.82 Å². The van der Waals surface area contributed by atoms with Crippen molar-refractivity contribution in [2.75, 3.05) is 7.11 Å². The van der Waals surface area contributed by atoms with Gasteiger partial charge in [0.05, 0.1) is 21.9 Å². The molecule has 0 aliphatic heterocycles. The Balaban J connectivity index is 0.000000306. The predicted octanol–water partition coefficient (Wildman–Crippen LogP) is -0.735. The molecule has 8 nitrogen and oxygen atoms in total. The molecular formula is C13H25N4O4P. The lowest BCUT2D eigenvalue weighted by molar-refractivity contribution is -0.677. The van der Waals surface area contributed by atoms with E-state index >= 15 is 0 Å². The molecule has 2 rings (SSSR count). The van der Waals surface area contributed by atoms with Crippen LogP contribution in [0.2, 0.25) is 0 Å². The molecule has 0 unspecified atom stereocenters. The van der Waals surface area contributed by atoms with Crippen molar-refractivity contribution in [3.63, 3.8) is 0 Å². The summed E-state index contributed by atoms with van der Waals surface area (Å²) in [5, 5.41) is 0. The summed E-state index contributed by atoms with van der Waals surface area (Å²) in [6.45, 7) is 4.26.